The molecule has 1 rings (SSSR count). The van der Waals surface area contributed by atoms with Gasteiger partial charge in [0.2, 0.25) is 0 Å². The lowest BCUT2D eigenvalue weighted by Crippen LogP contribution is -2.38. The molecule has 0 amide bonds. The van der Waals surface area contributed by atoms with E-state index >= 15 is 0 Å². The Hall–Kier alpha value is -0.900. The van der Waals surface area contributed by atoms with Crippen molar-refractivity contribution in [2.45, 2.75) is 33.2 Å². The summed E-state index contributed by atoms with van der Waals surface area (Å²) in [6, 6.07) is 7.11. The Morgan fingerprint density at radius 2 is 1.60 bits per heavy atom. The molecule has 1 unspecified atom stereocenters. The number of nitrogens with zero attached hydrogens (tertiary/aromatic N) is 2. The number of benzene rings is 1. The zero-order valence-corrected chi connectivity index (χ0v) is 13.8. The smallest absolute Gasteiger partial charge is 0.0471 e. The lowest BCUT2D eigenvalue weighted by Gasteiger charge is -2.32. The largest absolute Gasteiger partial charge is 0.329 e. The van der Waals surface area contributed by atoms with Crippen LogP contribution in [0, 0.1) is 13.8 Å². The second kappa shape index (κ2) is 8.40. The molecule has 0 aliphatic rings. The van der Waals surface area contributed by atoms with Crippen molar-refractivity contribution in [3.63, 3.8) is 0 Å². The second-order valence-electron chi connectivity index (χ2n) is 6.01. The van der Waals surface area contributed by atoms with Crippen molar-refractivity contribution < 1.29 is 0 Å². The minimum atomic E-state index is 0.327. The predicted octanol–water partition coefficient (Wildman–Crippen LogP) is 2.58. The molecule has 0 fully saturated rings. The predicted molar refractivity (Wildman–Crippen MR) is 88.1 cm³/mol. The summed E-state index contributed by atoms with van der Waals surface area (Å²) in [6.45, 7) is 10.5. The third-order valence-corrected chi connectivity index (χ3v) is 3.64. The van der Waals surface area contributed by atoms with Crippen molar-refractivity contribution in [1.29, 1.82) is 0 Å². The van der Waals surface area contributed by atoms with Gasteiger partial charge < -0.3 is 10.6 Å². The number of nitrogens with two attached hydrogens (primary N) is 1. The standard InChI is InChI=1S/C17H31N3/c1-6-7-20(9-8-19(4)5)17(13-18)16-11-14(2)10-15(3)12-16/h10-12,17H,6-9,13,18H2,1-5H3. The Bertz CT molecular complexity index is 381. The summed E-state index contributed by atoms with van der Waals surface area (Å²) in [5, 5.41) is 0. The van der Waals surface area contributed by atoms with Gasteiger partial charge in [-0.25, -0.2) is 0 Å². The topological polar surface area (TPSA) is 32.5 Å². The Kier molecular flexibility index (Phi) is 7.20. The lowest BCUT2D eigenvalue weighted by molar-refractivity contribution is 0.182. The third kappa shape index (κ3) is 5.23. The van der Waals surface area contributed by atoms with Gasteiger partial charge in [-0.15, -0.1) is 0 Å². The molecule has 1 aromatic carbocycles. The Labute approximate surface area is 124 Å². The molecular weight excluding hydrogens is 246 g/mol. The normalized spacial score (nSPS) is 13.2. The Morgan fingerprint density at radius 3 is 2.05 bits per heavy atom. The fourth-order valence-electron chi connectivity index (χ4n) is 2.74. The van der Waals surface area contributed by atoms with Crippen LogP contribution in [0.1, 0.15) is 36.1 Å². The van der Waals surface area contributed by atoms with Crippen LogP contribution in [-0.4, -0.2) is 50.1 Å². The maximum atomic E-state index is 6.09. The van der Waals surface area contributed by atoms with E-state index in [1.807, 2.05) is 0 Å². The summed E-state index contributed by atoms with van der Waals surface area (Å²) in [6.07, 6.45) is 1.16. The number of hydrogen-bond donors (Lipinski definition) is 1. The zero-order chi connectivity index (χ0) is 15.1. The third-order valence-electron chi connectivity index (χ3n) is 3.64. The summed E-state index contributed by atoms with van der Waals surface area (Å²) < 4.78 is 0. The van der Waals surface area contributed by atoms with E-state index in [2.05, 4.69) is 62.9 Å². The fourth-order valence-corrected chi connectivity index (χ4v) is 2.74. The highest BCUT2D eigenvalue weighted by atomic mass is 15.2. The fraction of sp³-hybridized carbons (Fsp3) is 0.647. The molecule has 0 bridgehead atoms. The highest BCUT2D eigenvalue weighted by Crippen LogP contribution is 2.22. The van der Waals surface area contributed by atoms with E-state index in [0.717, 1.165) is 26.1 Å². The van der Waals surface area contributed by atoms with Crippen molar-refractivity contribution in [3.8, 4) is 0 Å². The molecule has 0 heterocycles. The molecule has 0 spiro atoms. The van der Waals surface area contributed by atoms with Crippen LogP contribution in [0.3, 0.4) is 0 Å². The van der Waals surface area contributed by atoms with E-state index in [1.165, 1.54) is 16.7 Å². The molecule has 0 aromatic heterocycles. The minimum absolute atomic E-state index is 0.327. The SMILES string of the molecule is CCCN(CCN(C)C)C(CN)c1cc(C)cc(C)c1. The highest BCUT2D eigenvalue weighted by Gasteiger charge is 2.18. The number of rotatable bonds is 8. The quantitative estimate of drug-likeness (QED) is 0.793. The molecule has 1 atom stereocenters. The van der Waals surface area contributed by atoms with Crippen LogP contribution < -0.4 is 5.73 Å². The van der Waals surface area contributed by atoms with E-state index in [1.54, 1.807) is 0 Å². The average Bonchev–Trinajstić information content (AvgIpc) is 2.35. The van der Waals surface area contributed by atoms with E-state index in [9.17, 15) is 0 Å². The zero-order valence-electron chi connectivity index (χ0n) is 13.8. The minimum Gasteiger partial charge on any atom is -0.329 e. The summed E-state index contributed by atoms with van der Waals surface area (Å²) >= 11 is 0. The van der Waals surface area contributed by atoms with Gasteiger partial charge in [0.25, 0.3) is 0 Å². The van der Waals surface area contributed by atoms with E-state index in [4.69, 9.17) is 5.73 Å². The van der Waals surface area contributed by atoms with E-state index in [0.29, 0.717) is 12.6 Å². The molecule has 0 saturated heterocycles. The molecule has 1 aromatic rings. The molecule has 3 nitrogen and oxygen atoms in total. The summed E-state index contributed by atoms with van der Waals surface area (Å²) in [5.74, 6) is 0. The van der Waals surface area contributed by atoms with Crippen molar-refractivity contribution >= 4 is 0 Å². The molecule has 3 heteroatoms. The van der Waals surface area contributed by atoms with Crippen molar-refractivity contribution in [2.24, 2.45) is 5.73 Å². The first-order valence-electron chi connectivity index (χ1n) is 7.65. The van der Waals surface area contributed by atoms with Crippen LogP contribution in [0.4, 0.5) is 0 Å². The summed E-state index contributed by atoms with van der Waals surface area (Å²) in [7, 11) is 4.25. The molecule has 0 aliphatic heterocycles. The first kappa shape index (κ1) is 17.2. The van der Waals surface area contributed by atoms with Crippen LogP contribution in [0.15, 0.2) is 18.2 Å². The van der Waals surface area contributed by atoms with Gasteiger partial charge in [0.05, 0.1) is 0 Å². The first-order chi connectivity index (χ1) is 9.47. The molecule has 0 radical (unpaired) electrons. The van der Waals surface area contributed by atoms with Crippen molar-refractivity contribution in [3.05, 3.63) is 34.9 Å². The van der Waals surface area contributed by atoms with Crippen molar-refractivity contribution in [1.82, 2.24) is 9.80 Å². The molecular formula is C17H31N3. The van der Waals surface area contributed by atoms with Crippen LogP contribution in [0.2, 0.25) is 0 Å². The van der Waals surface area contributed by atoms with Gasteiger partial charge in [-0.2, -0.15) is 0 Å². The number of aryl methyl sites for hydroxylation is 2. The average molecular weight is 277 g/mol. The summed E-state index contributed by atoms with van der Waals surface area (Å²) in [5.41, 5.74) is 10.1. The lowest BCUT2D eigenvalue weighted by atomic mass is 10.00. The van der Waals surface area contributed by atoms with Gasteiger partial charge in [-0.3, -0.25) is 4.90 Å². The maximum Gasteiger partial charge on any atom is 0.0471 e. The molecule has 20 heavy (non-hydrogen) atoms. The molecule has 0 saturated carbocycles. The van der Waals surface area contributed by atoms with Gasteiger partial charge in [-0.1, -0.05) is 36.2 Å². The van der Waals surface area contributed by atoms with Gasteiger partial charge in [0, 0.05) is 25.7 Å². The van der Waals surface area contributed by atoms with Gasteiger partial charge in [-0.05, 0) is 46.5 Å². The van der Waals surface area contributed by atoms with Gasteiger partial charge in [0.15, 0.2) is 0 Å². The maximum absolute atomic E-state index is 6.09. The Balaban J connectivity index is 2.93. The monoisotopic (exact) mass is 277 g/mol. The van der Waals surface area contributed by atoms with Gasteiger partial charge in [0.1, 0.15) is 0 Å². The van der Waals surface area contributed by atoms with Crippen LogP contribution in [-0.2, 0) is 0 Å². The summed E-state index contributed by atoms with van der Waals surface area (Å²) in [4.78, 5) is 4.76. The van der Waals surface area contributed by atoms with E-state index < -0.39 is 0 Å². The van der Waals surface area contributed by atoms with Crippen LogP contribution in [0.5, 0.6) is 0 Å². The Morgan fingerprint density at radius 1 is 1.00 bits per heavy atom. The molecule has 0 aliphatic carbocycles. The second-order valence-corrected chi connectivity index (χ2v) is 6.01. The van der Waals surface area contributed by atoms with Crippen molar-refractivity contribution in [2.75, 3.05) is 40.3 Å². The highest BCUT2D eigenvalue weighted by molar-refractivity contribution is 5.31. The molecule has 2 N–H and O–H groups in total. The molecule has 114 valence electrons. The van der Waals surface area contributed by atoms with E-state index in [-0.39, 0.29) is 0 Å². The number of hydrogen-bond acceptors (Lipinski definition) is 3. The first-order valence-corrected chi connectivity index (χ1v) is 7.65. The van der Waals surface area contributed by atoms with Crippen LogP contribution >= 0.6 is 0 Å². The number of likely N-dealkylation sites (N-methyl/N-ethyl adjacent to an activating group) is 1. The van der Waals surface area contributed by atoms with Crippen LogP contribution in [0.25, 0.3) is 0 Å². The van der Waals surface area contributed by atoms with Gasteiger partial charge >= 0.3 is 0 Å².